The van der Waals surface area contributed by atoms with E-state index in [-0.39, 0.29) is 12.5 Å². The number of nitrogens with two attached hydrogens (primary N) is 1. The summed E-state index contributed by atoms with van der Waals surface area (Å²) >= 11 is 1.35. The monoisotopic (exact) mass is 404 g/mol. The van der Waals surface area contributed by atoms with Gasteiger partial charge in [-0.3, -0.25) is 19.3 Å². The fourth-order valence-electron chi connectivity index (χ4n) is 4.55. The van der Waals surface area contributed by atoms with Gasteiger partial charge in [0.25, 0.3) is 11.8 Å². The summed E-state index contributed by atoms with van der Waals surface area (Å²) in [6, 6.07) is -0.522. The zero-order valence-electron chi connectivity index (χ0n) is 15.6. The summed E-state index contributed by atoms with van der Waals surface area (Å²) in [5.74, 6) is -1.39. The van der Waals surface area contributed by atoms with Gasteiger partial charge in [0.1, 0.15) is 17.1 Å². The standard InChI is InChI=1S/C19H24N4O4S/c20-15(25)14-11-6-5-7-12(11)28-16(14)21-13(24)10-23-17(26)19(22-18(23)27)8-3-1-2-4-9-19/h1-10H2,(H2,20,25)(H,21,24)(H,22,27). The number of primary amides is 1. The molecule has 1 aromatic rings. The van der Waals surface area contributed by atoms with Crippen LogP contribution in [-0.4, -0.2) is 40.7 Å². The Kier molecular flexibility index (Phi) is 4.86. The molecule has 0 bridgehead atoms. The number of thiophene rings is 1. The van der Waals surface area contributed by atoms with Crippen molar-refractivity contribution in [3.8, 4) is 0 Å². The average Bonchev–Trinajstić information content (AvgIpc) is 3.19. The second-order valence-corrected chi connectivity index (χ2v) is 8.90. The first-order valence-corrected chi connectivity index (χ1v) is 10.6. The van der Waals surface area contributed by atoms with Crippen LogP contribution in [0.4, 0.5) is 9.80 Å². The predicted molar refractivity (Wildman–Crippen MR) is 104 cm³/mol. The highest BCUT2D eigenvalue weighted by molar-refractivity contribution is 7.17. The highest BCUT2D eigenvalue weighted by Gasteiger charge is 2.51. The van der Waals surface area contributed by atoms with E-state index in [1.807, 2.05) is 0 Å². The van der Waals surface area contributed by atoms with E-state index in [1.165, 1.54) is 11.3 Å². The summed E-state index contributed by atoms with van der Waals surface area (Å²) in [6.07, 6.45) is 7.69. The second kappa shape index (κ2) is 7.20. The molecule has 8 nitrogen and oxygen atoms in total. The van der Waals surface area contributed by atoms with Gasteiger partial charge in [0.2, 0.25) is 5.91 Å². The molecule has 2 heterocycles. The number of hydrogen-bond acceptors (Lipinski definition) is 5. The van der Waals surface area contributed by atoms with Crippen molar-refractivity contribution in [1.29, 1.82) is 0 Å². The Morgan fingerprint density at radius 1 is 1.11 bits per heavy atom. The van der Waals surface area contributed by atoms with E-state index in [2.05, 4.69) is 10.6 Å². The number of fused-ring (bicyclic) bond motifs is 1. The van der Waals surface area contributed by atoms with Crippen LogP contribution < -0.4 is 16.4 Å². The van der Waals surface area contributed by atoms with Crippen LogP contribution in [0.3, 0.4) is 0 Å². The van der Waals surface area contributed by atoms with Gasteiger partial charge in [0.05, 0.1) is 5.56 Å². The Morgan fingerprint density at radius 2 is 1.82 bits per heavy atom. The van der Waals surface area contributed by atoms with Crippen LogP contribution in [0.25, 0.3) is 0 Å². The van der Waals surface area contributed by atoms with E-state index < -0.39 is 23.4 Å². The molecule has 3 aliphatic rings. The molecule has 1 saturated heterocycles. The zero-order valence-corrected chi connectivity index (χ0v) is 16.5. The highest BCUT2D eigenvalue weighted by atomic mass is 32.1. The third kappa shape index (κ3) is 3.17. The molecule has 0 atom stereocenters. The first-order chi connectivity index (χ1) is 13.4. The van der Waals surface area contributed by atoms with Gasteiger partial charge in [-0.1, -0.05) is 25.7 Å². The van der Waals surface area contributed by atoms with E-state index in [0.717, 1.165) is 60.3 Å². The van der Waals surface area contributed by atoms with Gasteiger partial charge in [-0.15, -0.1) is 11.3 Å². The Hall–Kier alpha value is -2.42. The van der Waals surface area contributed by atoms with E-state index in [0.29, 0.717) is 23.4 Å². The van der Waals surface area contributed by atoms with Crippen LogP contribution >= 0.6 is 11.3 Å². The fraction of sp³-hybridized carbons (Fsp3) is 0.579. The van der Waals surface area contributed by atoms with Crippen LogP contribution in [0.15, 0.2) is 0 Å². The lowest BCUT2D eigenvalue weighted by molar-refractivity contribution is -0.134. The fourth-order valence-corrected chi connectivity index (χ4v) is 5.86. The third-order valence-electron chi connectivity index (χ3n) is 5.93. The SMILES string of the molecule is NC(=O)c1c(NC(=O)CN2C(=O)NC3(CCCCCC3)C2=O)sc2c1CCC2. The van der Waals surface area contributed by atoms with Crippen LogP contribution in [0.1, 0.15) is 65.7 Å². The van der Waals surface area contributed by atoms with Crippen molar-refractivity contribution < 1.29 is 19.2 Å². The van der Waals surface area contributed by atoms with Gasteiger partial charge in [-0.2, -0.15) is 0 Å². The van der Waals surface area contributed by atoms with Crippen LogP contribution in [0, 0.1) is 0 Å². The molecule has 150 valence electrons. The summed E-state index contributed by atoms with van der Waals surface area (Å²) in [4.78, 5) is 51.8. The summed E-state index contributed by atoms with van der Waals surface area (Å²) in [5.41, 5.74) is 5.93. The molecule has 5 amide bonds. The minimum Gasteiger partial charge on any atom is -0.365 e. The minimum absolute atomic E-state index is 0.321. The number of carbonyl (C=O) groups excluding carboxylic acids is 4. The number of rotatable bonds is 4. The Bertz CT molecular complexity index is 854. The lowest BCUT2D eigenvalue weighted by Gasteiger charge is -2.24. The van der Waals surface area contributed by atoms with Crippen molar-refractivity contribution in [1.82, 2.24) is 10.2 Å². The average molecular weight is 404 g/mol. The molecule has 2 aliphatic carbocycles. The van der Waals surface area contributed by atoms with Gasteiger partial charge >= 0.3 is 6.03 Å². The highest BCUT2D eigenvalue weighted by Crippen LogP contribution is 2.39. The normalized spacial score (nSPS) is 20.8. The van der Waals surface area contributed by atoms with Gasteiger partial charge < -0.3 is 16.4 Å². The Balaban J connectivity index is 1.48. The van der Waals surface area contributed by atoms with Crippen LogP contribution in [-0.2, 0) is 22.4 Å². The summed E-state index contributed by atoms with van der Waals surface area (Å²) in [6.45, 7) is -0.368. The maximum Gasteiger partial charge on any atom is 0.325 e. The largest absolute Gasteiger partial charge is 0.365 e. The van der Waals surface area contributed by atoms with Crippen LogP contribution in [0.2, 0.25) is 0 Å². The molecule has 9 heteroatoms. The Labute approximate surface area is 166 Å². The number of carbonyl (C=O) groups is 4. The lowest BCUT2D eigenvalue weighted by atomic mass is 9.90. The van der Waals surface area contributed by atoms with Crippen molar-refractivity contribution in [2.75, 3.05) is 11.9 Å². The number of aryl methyl sites for hydroxylation is 1. The maximum absolute atomic E-state index is 12.9. The molecular formula is C19H24N4O4S. The molecule has 1 saturated carbocycles. The number of anilines is 1. The van der Waals surface area contributed by atoms with Gasteiger partial charge in [-0.25, -0.2) is 4.79 Å². The van der Waals surface area contributed by atoms with E-state index in [4.69, 9.17) is 5.73 Å². The van der Waals surface area contributed by atoms with Crippen molar-refractivity contribution in [2.45, 2.75) is 63.3 Å². The molecule has 28 heavy (non-hydrogen) atoms. The molecule has 0 aromatic carbocycles. The van der Waals surface area contributed by atoms with E-state index in [9.17, 15) is 19.2 Å². The molecule has 2 fully saturated rings. The van der Waals surface area contributed by atoms with Crippen molar-refractivity contribution in [2.24, 2.45) is 5.73 Å². The number of amides is 5. The van der Waals surface area contributed by atoms with Gasteiger partial charge in [0.15, 0.2) is 0 Å². The molecule has 1 spiro atoms. The van der Waals surface area contributed by atoms with E-state index >= 15 is 0 Å². The summed E-state index contributed by atoms with van der Waals surface area (Å²) < 4.78 is 0. The number of nitrogens with one attached hydrogen (secondary N) is 2. The minimum atomic E-state index is -0.865. The van der Waals surface area contributed by atoms with Crippen LogP contribution in [0.5, 0.6) is 0 Å². The summed E-state index contributed by atoms with van der Waals surface area (Å²) in [5, 5.41) is 5.94. The lowest BCUT2D eigenvalue weighted by Crippen LogP contribution is -2.47. The molecule has 1 aliphatic heterocycles. The molecule has 0 radical (unpaired) electrons. The number of nitrogens with zero attached hydrogens (tertiary/aromatic N) is 1. The predicted octanol–water partition coefficient (Wildman–Crippen LogP) is 1.92. The maximum atomic E-state index is 12.9. The molecule has 0 unspecified atom stereocenters. The number of imide groups is 1. The number of urea groups is 1. The zero-order chi connectivity index (χ0) is 19.9. The smallest absolute Gasteiger partial charge is 0.325 e. The van der Waals surface area contributed by atoms with Crippen molar-refractivity contribution in [3.63, 3.8) is 0 Å². The number of hydrogen-bond donors (Lipinski definition) is 3. The topological polar surface area (TPSA) is 122 Å². The third-order valence-corrected chi connectivity index (χ3v) is 7.13. The second-order valence-electron chi connectivity index (χ2n) is 7.79. The van der Waals surface area contributed by atoms with Gasteiger partial charge in [0, 0.05) is 4.88 Å². The molecule has 1 aromatic heterocycles. The summed E-state index contributed by atoms with van der Waals surface area (Å²) in [7, 11) is 0. The Morgan fingerprint density at radius 3 is 2.50 bits per heavy atom. The molecule has 4 rings (SSSR count). The molecule has 4 N–H and O–H groups in total. The first-order valence-electron chi connectivity index (χ1n) is 9.79. The van der Waals surface area contributed by atoms with Gasteiger partial charge in [-0.05, 0) is 37.7 Å². The molecular weight excluding hydrogens is 380 g/mol. The van der Waals surface area contributed by atoms with E-state index in [1.54, 1.807) is 0 Å². The first kappa shape index (κ1) is 18.9. The quantitative estimate of drug-likeness (QED) is 0.664. The van der Waals surface area contributed by atoms with Crippen molar-refractivity contribution in [3.05, 3.63) is 16.0 Å². The van der Waals surface area contributed by atoms with Crippen molar-refractivity contribution >= 4 is 40.1 Å².